The number of aromatic amines is 1. The normalized spacial score (nSPS) is 27.7. The van der Waals surface area contributed by atoms with Crippen LogP contribution < -0.4 is 11.2 Å². The molecule has 1 aliphatic carbocycles. The highest BCUT2D eigenvalue weighted by Gasteiger charge is 2.61. The van der Waals surface area contributed by atoms with E-state index in [-0.39, 0.29) is 23.5 Å². The van der Waals surface area contributed by atoms with Crippen LogP contribution in [0.1, 0.15) is 42.7 Å². The Balaban J connectivity index is 1.46. The summed E-state index contributed by atoms with van der Waals surface area (Å²) in [5.74, 6) is 0.209. The number of aryl methyl sites for hydroxylation is 1. The molecule has 7 heteroatoms. The summed E-state index contributed by atoms with van der Waals surface area (Å²) in [6.45, 7) is 5.16. The van der Waals surface area contributed by atoms with Crippen molar-refractivity contribution in [2.45, 2.75) is 57.8 Å². The number of rotatable bonds is 8. The van der Waals surface area contributed by atoms with Crippen LogP contribution in [0.5, 0.6) is 0 Å². The molecule has 2 aromatic carbocycles. The smallest absolute Gasteiger partial charge is 0.330 e. The fourth-order valence-corrected chi connectivity index (χ4v) is 5.48. The van der Waals surface area contributed by atoms with E-state index in [1.165, 1.54) is 4.57 Å². The number of aromatic nitrogens is 2. The Hall–Kier alpha value is -3.00. The molecule has 1 saturated carbocycles. The number of nitrogens with one attached hydrogen (secondary N) is 1. The van der Waals surface area contributed by atoms with Crippen LogP contribution >= 0.6 is 0 Å². The first-order chi connectivity index (χ1) is 17.0. The molecule has 1 unspecified atom stereocenters. The van der Waals surface area contributed by atoms with Gasteiger partial charge in [0, 0.05) is 17.7 Å². The van der Waals surface area contributed by atoms with Gasteiger partial charge in [-0.1, -0.05) is 67.6 Å². The SMILES string of the molecule is Cc1cn([C@@H]2O[C@@]3(COCc4ccccc4)CC[C@@H](C)C2[C@H]3OCc2ccccc2)c(=O)[nH]c1=O. The van der Waals surface area contributed by atoms with Gasteiger partial charge in [0.2, 0.25) is 0 Å². The maximum absolute atomic E-state index is 12.8. The van der Waals surface area contributed by atoms with E-state index in [0.717, 1.165) is 24.0 Å². The van der Waals surface area contributed by atoms with Gasteiger partial charge in [-0.3, -0.25) is 14.3 Å². The van der Waals surface area contributed by atoms with Gasteiger partial charge in [0.1, 0.15) is 11.8 Å². The van der Waals surface area contributed by atoms with Crippen molar-refractivity contribution in [1.29, 1.82) is 0 Å². The maximum Gasteiger partial charge on any atom is 0.330 e. The van der Waals surface area contributed by atoms with E-state index in [4.69, 9.17) is 14.2 Å². The molecule has 5 rings (SSSR count). The fourth-order valence-electron chi connectivity index (χ4n) is 5.48. The zero-order valence-corrected chi connectivity index (χ0v) is 20.2. The van der Waals surface area contributed by atoms with Crippen molar-refractivity contribution in [3.05, 3.63) is 104 Å². The Bertz CT molecular complexity index is 1260. The van der Waals surface area contributed by atoms with Crippen molar-refractivity contribution in [2.24, 2.45) is 11.8 Å². The lowest BCUT2D eigenvalue weighted by molar-refractivity contribution is -0.165. The molecule has 35 heavy (non-hydrogen) atoms. The number of hydrogen-bond acceptors (Lipinski definition) is 5. The number of ether oxygens (including phenoxy) is 3. The fraction of sp³-hybridized carbons (Fsp3) is 0.429. The summed E-state index contributed by atoms with van der Waals surface area (Å²) >= 11 is 0. The molecule has 2 fully saturated rings. The van der Waals surface area contributed by atoms with Crippen molar-refractivity contribution in [2.75, 3.05) is 6.61 Å². The second kappa shape index (κ2) is 9.93. The van der Waals surface area contributed by atoms with Crippen LogP contribution in [0.15, 0.2) is 76.4 Å². The zero-order valence-electron chi connectivity index (χ0n) is 20.2. The lowest BCUT2D eigenvalue weighted by Crippen LogP contribution is -2.51. The van der Waals surface area contributed by atoms with Gasteiger partial charge in [-0.15, -0.1) is 0 Å². The maximum atomic E-state index is 12.8. The first-order valence-corrected chi connectivity index (χ1v) is 12.2. The topological polar surface area (TPSA) is 82.6 Å². The monoisotopic (exact) mass is 476 g/mol. The van der Waals surface area contributed by atoms with Crippen LogP contribution in [0.4, 0.5) is 0 Å². The Labute approximate surface area is 204 Å². The minimum Gasteiger partial charge on any atom is -0.374 e. The average Bonchev–Trinajstić information content (AvgIpc) is 3.10. The first kappa shape index (κ1) is 23.7. The average molecular weight is 477 g/mol. The van der Waals surface area contributed by atoms with Crippen molar-refractivity contribution in [1.82, 2.24) is 9.55 Å². The molecular weight excluding hydrogens is 444 g/mol. The van der Waals surface area contributed by atoms with Crippen LogP contribution in [-0.2, 0) is 27.4 Å². The standard InChI is InChI=1S/C28H32N2O5/c1-19-13-14-28(18-33-16-21-9-5-3-6-10-21)24(34-17-22-11-7-4-8-12-22)23(19)26(35-28)30-15-20(2)25(31)29-27(30)32/h3-12,15,19,23-24,26H,13-14,16-18H2,1-2H3,(H,29,31,32)/t19-,23?,24-,26-,28-/m1/s1. The quantitative estimate of drug-likeness (QED) is 0.532. The predicted octanol–water partition coefficient (Wildman–Crippen LogP) is 3.96. The minimum absolute atomic E-state index is 0.0595. The molecule has 0 radical (unpaired) electrons. The third-order valence-electron chi connectivity index (χ3n) is 7.38. The van der Waals surface area contributed by atoms with Gasteiger partial charge in [-0.05, 0) is 36.8 Å². The summed E-state index contributed by atoms with van der Waals surface area (Å²) in [6, 6.07) is 20.1. The number of nitrogens with zero attached hydrogens (tertiary/aromatic N) is 1. The van der Waals surface area contributed by atoms with E-state index < -0.39 is 17.5 Å². The molecule has 1 saturated heterocycles. The highest BCUT2D eigenvalue weighted by atomic mass is 16.6. The first-order valence-electron chi connectivity index (χ1n) is 12.2. The van der Waals surface area contributed by atoms with Crippen molar-refractivity contribution in [3.63, 3.8) is 0 Å². The van der Waals surface area contributed by atoms with Gasteiger partial charge in [-0.25, -0.2) is 4.79 Å². The molecule has 1 aromatic heterocycles. The van der Waals surface area contributed by atoms with E-state index in [9.17, 15) is 9.59 Å². The molecule has 1 aliphatic heterocycles. The Kier molecular flexibility index (Phi) is 6.73. The molecule has 2 aliphatic rings. The number of hydrogen-bond donors (Lipinski definition) is 1. The molecule has 0 amide bonds. The molecule has 2 bridgehead atoms. The summed E-state index contributed by atoms with van der Waals surface area (Å²) in [4.78, 5) is 27.3. The van der Waals surface area contributed by atoms with E-state index in [2.05, 4.69) is 11.9 Å². The lowest BCUT2D eigenvalue weighted by atomic mass is 9.72. The Morgan fingerprint density at radius 1 is 1.03 bits per heavy atom. The predicted molar refractivity (Wildman–Crippen MR) is 132 cm³/mol. The van der Waals surface area contributed by atoms with Crippen molar-refractivity contribution in [3.8, 4) is 0 Å². The summed E-state index contributed by atoms with van der Waals surface area (Å²) in [7, 11) is 0. The van der Waals surface area contributed by atoms with Crippen LogP contribution in [0, 0.1) is 18.8 Å². The summed E-state index contributed by atoms with van der Waals surface area (Å²) in [6.07, 6.45) is 2.51. The van der Waals surface area contributed by atoms with Crippen molar-refractivity contribution >= 4 is 0 Å². The molecule has 1 N–H and O–H groups in total. The summed E-state index contributed by atoms with van der Waals surface area (Å²) in [5.41, 5.74) is 1.12. The summed E-state index contributed by atoms with van der Waals surface area (Å²) < 4.78 is 21.1. The van der Waals surface area contributed by atoms with Gasteiger partial charge in [0.05, 0.1) is 25.9 Å². The lowest BCUT2D eigenvalue weighted by Gasteiger charge is -2.41. The molecule has 5 atom stereocenters. The van der Waals surface area contributed by atoms with Crippen LogP contribution in [0.3, 0.4) is 0 Å². The van der Waals surface area contributed by atoms with E-state index in [1.54, 1.807) is 13.1 Å². The third kappa shape index (κ3) is 4.76. The van der Waals surface area contributed by atoms with E-state index in [0.29, 0.717) is 25.4 Å². The minimum atomic E-state index is -0.686. The van der Waals surface area contributed by atoms with Gasteiger partial charge in [-0.2, -0.15) is 0 Å². The van der Waals surface area contributed by atoms with Crippen LogP contribution in [0.25, 0.3) is 0 Å². The van der Waals surface area contributed by atoms with E-state index >= 15 is 0 Å². The summed E-state index contributed by atoms with van der Waals surface area (Å²) in [5, 5.41) is 0. The second-order valence-corrected chi connectivity index (χ2v) is 9.84. The van der Waals surface area contributed by atoms with Gasteiger partial charge in [0.15, 0.2) is 0 Å². The van der Waals surface area contributed by atoms with Crippen LogP contribution in [-0.4, -0.2) is 27.9 Å². The van der Waals surface area contributed by atoms with E-state index in [1.807, 2.05) is 60.7 Å². The number of H-pyrrole nitrogens is 1. The largest absolute Gasteiger partial charge is 0.374 e. The highest BCUT2D eigenvalue weighted by molar-refractivity contribution is 5.16. The Morgan fingerprint density at radius 2 is 1.69 bits per heavy atom. The molecular formula is C28H32N2O5. The van der Waals surface area contributed by atoms with Crippen LogP contribution in [0.2, 0.25) is 0 Å². The van der Waals surface area contributed by atoms with Gasteiger partial charge >= 0.3 is 5.69 Å². The second-order valence-electron chi connectivity index (χ2n) is 9.84. The molecule has 7 nitrogen and oxygen atoms in total. The highest BCUT2D eigenvalue weighted by Crippen LogP contribution is 2.54. The zero-order chi connectivity index (χ0) is 24.4. The number of benzene rings is 2. The molecule has 0 spiro atoms. The molecule has 184 valence electrons. The number of fused-ring (bicyclic) bond motifs is 2. The van der Waals surface area contributed by atoms with Gasteiger partial charge in [0.25, 0.3) is 5.56 Å². The molecule has 2 heterocycles. The molecule has 3 aromatic rings. The Morgan fingerprint density at radius 3 is 2.37 bits per heavy atom. The third-order valence-corrected chi connectivity index (χ3v) is 7.38. The van der Waals surface area contributed by atoms with Crippen molar-refractivity contribution < 1.29 is 14.2 Å². The van der Waals surface area contributed by atoms with Gasteiger partial charge < -0.3 is 14.2 Å².